The number of hydrogen-bond acceptors (Lipinski definition) is 2. The molecular weight excluding hydrogens is 188 g/mol. The van der Waals surface area contributed by atoms with E-state index in [2.05, 4.69) is 0 Å². The zero-order valence-corrected chi connectivity index (χ0v) is 9.84. The molecule has 88 valence electrons. The lowest BCUT2D eigenvalue weighted by atomic mass is 9.79. The molecule has 15 heavy (non-hydrogen) atoms. The second-order valence-corrected chi connectivity index (χ2v) is 4.51. The average molecular weight is 212 g/mol. The van der Waals surface area contributed by atoms with Crippen LogP contribution in [0, 0.1) is 5.92 Å². The number of rotatable bonds is 1. The largest absolute Gasteiger partial charge is 0.512 e. The second kappa shape index (κ2) is 6.89. The average Bonchev–Trinajstić information content (AvgIpc) is 2.33. The van der Waals surface area contributed by atoms with E-state index < -0.39 is 0 Å². The summed E-state index contributed by atoms with van der Waals surface area (Å²) in [4.78, 5) is 0. The van der Waals surface area contributed by atoms with Gasteiger partial charge in [-0.2, -0.15) is 0 Å². The quantitative estimate of drug-likeness (QED) is 0.697. The summed E-state index contributed by atoms with van der Waals surface area (Å²) in [5, 5.41) is 16.8. The van der Waals surface area contributed by atoms with E-state index in [0.29, 0.717) is 0 Å². The van der Waals surface area contributed by atoms with Crippen LogP contribution in [-0.4, -0.2) is 17.3 Å². The zero-order valence-electron chi connectivity index (χ0n) is 9.84. The third-order valence-corrected chi connectivity index (χ3v) is 3.58. The minimum atomic E-state index is 0.744. The van der Waals surface area contributed by atoms with Crippen LogP contribution < -0.4 is 0 Å². The Morgan fingerprint density at radius 3 is 2.07 bits per heavy atom. The number of allylic oxidation sites excluding steroid dienone is 2. The van der Waals surface area contributed by atoms with Crippen molar-refractivity contribution < 1.29 is 10.2 Å². The first kappa shape index (κ1) is 12.6. The van der Waals surface area contributed by atoms with Crippen LogP contribution in [0.25, 0.3) is 0 Å². The van der Waals surface area contributed by atoms with Gasteiger partial charge in [-0.05, 0) is 43.6 Å². The molecule has 2 aliphatic rings. The Morgan fingerprint density at radius 1 is 0.867 bits per heavy atom. The van der Waals surface area contributed by atoms with E-state index in [1.54, 1.807) is 0 Å². The van der Waals surface area contributed by atoms with Gasteiger partial charge in [-0.3, -0.25) is 0 Å². The summed E-state index contributed by atoms with van der Waals surface area (Å²) in [6.07, 6.45) is 11.5. The standard InChI is InChI=1S/C12H20O.CH4O/c13-12-9-5-4-8-11(12)10-6-2-1-3-7-10;1-2/h10,13H,1-9H2;2H,1H3. The molecule has 1 saturated carbocycles. The molecule has 0 aromatic carbocycles. The van der Waals surface area contributed by atoms with Gasteiger partial charge < -0.3 is 10.2 Å². The molecule has 0 heterocycles. The van der Waals surface area contributed by atoms with Gasteiger partial charge in [0.25, 0.3) is 0 Å². The maximum absolute atomic E-state index is 9.80. The van der Waals surface area contributed by atoms with Gasteiger partial charge in [0, 0.05) is 13.5 Å². The van der Waals surface area contributed by atoms with Crippen LogP contribution in [-0.2, 0) is 0 Å². The molecule has 2 heteroatoms. The van der Waals surface area contributed by atoms with E-state index in [1.165, 1.54) is 56.9 Å². The lowest BCUT2D eigenvalue weighted by Gasteiger charge is -2.27. The third-order valence-electron chi connectivity index (χ3n) is 3.58. The van der Waals surface area contributed by atoms with Gasteiger partial charge in [0.15, 0.2) is 0 Å². The van der Waals surface area contributed by atoms with Crippen molar-refractivity contribution >= 4 is 0 Å². The van der Waals surface area contributed by atoms with Crippen LogP contribution in [0.4, 0.5) is 0 Å². The minimum absolute atomic E-state index is 0.744. The highest BCUT2D eigenvalue weighted by molar-refractivity contribution is 5.14. The summed E-state index contributed by atoms with van der Waals surface area (Å²) in [5.41, 5.74) is 1.42. The van der Waals surface area contributed by atoms with E-state index in [0.717, 1.165) is 25.2 Å². The SMILES string of the molecule is CO.OC1=C(C2CCCCC2)CCCC1. The molecule has 0 unspecified atom stereocenters. The lowest BCUT2D eigenvalue weighted by Crippen LogP contribution is -2.13. The van der Waals surface area contributed by atoms with Crippen molar-refractivity contribution in [2.75, 3.05) is 7.11 Å². The summed E-state index contributed by atoms with van der Waals surface area (Å²) in [6, 6.07) is 0. The van der Waals surface area contributed by atoms with Crippen molar-refractivity contribution in [1.29, 1.82) is 0 Å². The van der Waals surface area contributed by atoms with Crippen molar-refractivity contribution in [2.45, 2.75) is 57.8 Å². The smallest absolute Gasteiger partial charge is 0.0917 e. The van der Waals surface area contributed by atoms with Gasteiger partial charge in [-0.25, -0.2) is 0 Å². The van der Waals surface area contributed by atoms with Crippen LogP contribution in [0.1, 0.15) is 57.8 Å². The van der Waals surface area contributed by atoms with E-state index in [4.69, 9.17) is 5.11 Å². The molecule has 0 amide bonds. The first-order chi connectivity index (χ1) is 7.38. The Balaban J connectivity index is 0.000000531. The fraction of sp³-hybridized carbons (Fsp3) is 0.846. The topological polar surface area (TPSA) is 40.5 Å². The van der Waals surface area contributed by atoms with Crippen molar-refractivity contribution in [1.82, 2.24) is 0 Å². The summed E-state index contributed by atoms with van der Waals surface area (Å²) < 4.78 is 0. The van der Waals surface area contributed by atoms with Crippen LogP contribution in [0.2, 0.25) is 0 Å². The predicted octanol–water partition coefficient (Wildman–Crippen LogP) is 3.56. The Morgan fingerprint density at radius 2 is 1.47 bits per heavy atom. The highest BCUT2D eigenvalue weighted by Gasteiger charge is 2.22. The van der Waals surface area contributed by atoms with Crippen molar-refractivity contribution in [3.05, 3.63) is 11.3 Å². The fourth-order valence-corrected chi connectivity index (χ4v) is 2.80. The molecule has 0 aromatic rings. The molecule has 0 aliphatic heterocycles. The highest BCUT2D eigenvalue weighted by atomic mass is 16.3. The first-order valence-electron chi connectivity index (χ1n) is 6.23. The van der Waals surface area contributed by atoms with E-state index in [9.17, 15) is 5.11 Å². The Labute approximate surface area is 93.0 Å². The predicted molar refractivity (Wildman–Crippen MR) is 62.8 cm³/mol. The van der Waals surface area contributed by atoms with E-state index in [1.807, 2.05) is 0 Å². The van der Waals surface area contributed by atoms with Gasteiger partial charge in [-0.15, -0.1) is 0 Å². The number of aliphatic hydroxyl groups excluding tert-OH is 2. The van der Waals surface area contributed by atoms with E-state index in [-0.39, 0.29) is 0 Å². The van der Waals surface area contributed by atoms with Crippen molar-refractivity contribution in [2.24, 2.45) is 5.92 Å². The summed E-state index contributed by atoms with van der Waals surface area (Å²) >= 11 is 0. The van der Waals surface area contributed by atoms with Crippen LogP contribution in [0.15, 0.2) is 11.3 Å². The maximum atomic E-state index is 9.80. The highest BCUT2D eigenvalue weighted by Crippen LogP contribution is 2.36. The summed E-state index contributed by atoms with van der Waals surface area (Å²) in [6.45, 7) is 0. The molecule has 0 radical (unpaired) electrons. The molecule has 0 atom stereocenters. The van der Waals surface area contributed by atoms with Gasteiger partial charge in [0.2, 0.25) is 0 Å². The molecular formula is C13H24O2. The molecule has 2 nitrogen and oxygen atoms in total. The maximum Gasteiger partial charge on any atom is 0.0917 e. The summed E-state index contributed by atoms with van der Waals surface area (Å²) in [5.74, 6) is 1.49. The molecule has 0 spiro atoms. The molecule has 0 saturated heterocycles. The molecule has 1 fully saturated rings. The van der Waals surface area contributed by atoms with E-state index >= 15 is 0 Å². The third kappa shape index (κ3) is 3.53. The lowest BCUT2D eigenvalue weighted by molar-refractivity contribution is 0.316. The molecule has 2 rings (SSSR count). The number of hydrogen-bond donors (Lipinski definition) is 2. The van der Waals surface area contributed by atoms with Crippen LogP contribution in [0.5, 0.6) is 0 Å². The van der Waals surface area contributed by atoms with Crippen LogP contribution >= 0.6 is 0 Å². The first-order valence-corrected chi connectivity index (χ1v) is 6.23. The second-order valence-electron chi connectivity index (χ2n) is 4.51. The molecule has 0 bridgehead atoms. The van der Waals surface area contributed by atoms with Crippen LogP contribution in [0.3, 0.4) is 0 Å². The Bertz CT molecular complexity index is 203. The fourth-order valence-electron chi connectivity index (χ4n) is 2.80. The van der Waals surface area contributed by atoms with Gasteiger partial charge in [-0.1, -0.05) is 19.3 Å². The van der Waals surface area contributed by atoms with Gasteiger partial charge in [0.1, 0.15) is 0 Å². The normalized spacial score (nSPS) is 23.3. The van der Waals surface area contributed by atoms with Crippen molar-refractivity contribution in [3.8, 4) is 0 Å². The number of aliphatic hydroxyl groups is 2. The molecule has 2 aliphatic carbocycles. The molecule has 0 aromatic heterocycles. The zero-order chi connectivity index (χ0) is 11.1. The minimum Gasteiger partial charge on any atom is -0.512 e. The Hall–Kier alpha value is -0.500. The Kier molecular flexibility index (Phi) is 5.77. The van der Waals surface area contributed by atoms with Gasteiger partial charge in [0.05, 0.1) is 5.76 Å². The monoisotopic (exact) mass is 212 g/mol. The van der Waals surface area contributed by atoms with Crippen molar-refractivity contribution in [3.63, 3.8) is 0 Å². The van der Waals surface area contributed by atoms with Gasteiger partial charge >= 0.3 is 0 Å². The molecule has 2 N–H and O–H groups in total. The summed E-state index contributed by atoms with van der Waals surface area (Å²) in [7, 11) is 1.00.